The summed E-state index contributed by atoms with van der Waals surface area (Å²) in [4.78, 5) is 3.55. The van der Waals surface area contributed by atoms with E-state index in [1.54, 1.807) is 0 Å². The molecule has 1 N–H and O–H groups in total. The van der Waals surface area contributed by atoms with Crippen LogP contribution in [0.4, 0.5) is 13.2 Å². The summed E-state index contributed by atoms with van der Waals surface area (Å²) in [7, 11) is 0. The van der Waals surface area contributed by atoms with Gasteiger partial charge in [0.05, 0.1) is 21.1 Å². The molecule has 0 fully saturated rings. The van der Waals surface area contributed by atoms with E-state index >= 15 is 0 Å². The molecular formula is C11H9Cl2F3N2O. The minimum atomic E-state index is -4.58. The second kappa shape index (κ2) is 5.19. The van der Waals surface area contributed by atoms with E-state index in [1.165, 1.54) is 12.1 Å². The minimum absolute atomic E-state index is 0.000194. The lowest BCUT2D eigenvalue weighted by molar-refractivity contribution is -0.147. The number of nitrogens with zero attached hydrogens (tertiary/aromatic N) is 2. The number of aliphatic hydroxyl groups excluding tert-OH is 1. The normalized spacial score (nSPS) is 12.3. The van der Waals surface area contributed by atoms with Gasteiger partial charge in [0.15, 0.2) is 0 Å². The van der Waals surface area contributed by atoms with Crippen molar-refractivity contribution < 1.29 is 18.3 Å². The molecule has 3 nitrogen and oxygen atoms in total. The summed E-state index contributed by atoms with van der Waals surface area (Å²) in [6.45, 7) is -0.210. The smallest absolute Gasteiger partial charge is 0.396 e. The van der Waals surface area contributed by atoms with Crippen molar-refractivity contribution in [3.05, 3.63) is 28.0 Å². The third kappa shape index (κ3) is 2.80. The van der Waals surface area contributed by atoms with Crippen molar-refractivity contribution in [1.29, 1.82) is 0 Å². The van der Waals surface area contributed by atoms with Crippen molar-refractivity contribution in [3.8, 4) is 0 Å². The average Bonchev–Trinajstić information content (AvgIpc) is 2.65. The van der Waals surface area contributed by atoms with Gasteiger partial charge in [0.25, 0.3) is 0 Å². The highest BCUT2D eigenvalue weighted by Crippen LogP contribution is 2.34. The summed E-state index contributed by atoms with van der Waals surface area (Å²) >= 11 is 11.6. The van der Waals surface area contributed by atoms with E-state index in [4.69, 9.17) is 28.3 Å². The summed E-state index contributed by atoms with van der Waals surface area (Å²) in [5, 5.41) is 9.08. The van der Waals surface area contributed by atoms with Gasteiger partial charge in [-0.2, -0.15) is 13.2 Å². The van der Waals surface area contributed by atoms with E-state index in [1.807, 2.05) is 0 Å². The highest BCUT2D eigenvalue weighted by atomic mass is 35.5. The molecule has 19 heavy (non-hydrogen) atoms. The highest BCUT2D eigenvalue weighted by Gasteiger charge is 2.37. The van der Waals surface area contributed by atoms with Gasteiger partial charge < -0.3 is 9.67 Å². The Morgan fingerprint density at radius 3 is 2.42 bits per heavy atom. The molecule has 0 spiro atoms. The molecule has 104 valence electrons. The Morgan fingerprint density at radius 2 is 1.84 bits per heavy atom. The number of alkyl halides is 3. The number of halogens is 5. The fourth-order valence-electron chi connectivity index (χ4n) is 1.79. The van der Waals surface area contributed by atoms with E-state index < -0.39 is 12.0 Å². The summed E-state index contributed by atoms with van der Waals surface area (Å²) in [5.74, 6) is -1.02. The van der Waals surface area contributed by atoms with Gasteiger partial charge in [-0.15, -0.1) is 0 Å². The van der Waals surface area contributed by atoms with Crippen LogP contribution >= 0.6 is 23.2 Å². The van der Waals surface area contributed by atoms with Crippen molar-refractivity contribution in [3.63, 3.8) is 0 Å². The fourth-order valence-corrected chi connectivity index (χ4v) is 2.11. The Bertz CT molecular complexity index is 610. The Morgan fingerprint density at radius 1 is 1.21 bits per heavy atom. The fraction of sp³-hybridized carbons (Fsp3) is 0.364. The Labute approximate surface area is 116 Å². The van der Waals surface area contributed by atoms with Crippen LogP contribution in [0.1, 0.15) is 12.2 Å². The quantitative estimate of drug-likeness (QED) is 0.937. The zero-order chi connectivity index (χ0) is 14.2. The second-order valence-electron chi connectivity index (χ2n) is 3.92. The number of imidazole rings is 1. The molecule has 1 aromatic carbocycles. The van der Waals surface area contributed by atoms with Gasteiger partial charge in [0.1, 0.15) is 0 Å². The van der Waals surface area contributed by atoms with Crippen molar-refractivity contribution >= 4 is 34.2 Å². The third-order valence-corrected chi connectivity index (χ3v) is 3.31. The van der Waals surface area contributed by atoms with Gasteiger partial charge in [-0.1, -0.05) is 23.2 Å². The molecule has 0 unspecified atom stereocenters. The van der Waals surface area contributed by atoms with Crippen LogP contribution in [0.2, 0.25) is 10.0 Å². The predicted molar refractivity (Wildman–Crippen MR) is 66.5 cm³/mol. The van der Waals surface area contributed by atoms with Crippen LogP contribution in [0.5, 0.6) is 0 Å². The van der Waals surface area contributed by atoms with Crippen LogP contribution in [-0.4, -0.2) is 21.3 Å². The monoisotopic (exact) mass is 312 g/mol. The first-order valence-corrected chi connectivity index (χ1v) is 6.13. The number of rotatable bonds is 3. The molecular weight excluding hydrogens is 304 g/mol. The molecule has 0 aliphatic carbocycles. The minimum Gasteiger partial charge on any atom is -0.396 e. The zero-order valence-corrected chi connectivity index (χ0v) is 11.0. The van der Waals surface area contributed by atoms with E-state index in [-0.39, 0.29) is 40.7 Å². The molecule has 2 aromatic rings. The lowest BCUT2D eigenvalue weighted by Gasteiger charge is -2.10. The van der Waals surface area contributed by atoms with E-state index in [0.29, 0.717) is 0 Å². The predicted octanol–water partition coefficient (Wildman–Crippen LogP) is 3.74. The molecule has 2 rings (SSSR count). The molecule has 0 aliphatic heterocycles. The molecule has 0 radical (unpaired) electrons. The van der Waals surface area contributed by atoms with Gasteiger partial charge in [0, 0.05) is 13.2 Å². The molecule has 0 aliphatic rings. The first-order valence-electron chi connectivity index (χ1n) is 5.38. The number of fused-ring (bicyclic) bond motifs is 1. The molecule has 8 heteroatoms. The Hall–Kier alpha value is -0.980. The first kappa shape index (κ1) is 14.4. The highest BCUT2D eigenvalue weighted by molar-refractivity contribution is 6.42. The molecule has 0 bridgehead atoms. The Kier molecular flexibility index (Phi) is 3.94. The number of aliphatic hydroxyl groups is 1. The van der Waals surface area contributed by atoms with Gasteiger partial charge in [-0.25, -0.2) is 4.98 Å². The second-order valence-corrected chi connectivity index (χ2v) is 4.73. The van der Waals surface area contributed by atoms with Gasteiger partial charge in [-0.05, 0) is 18.6 Å². The lowest BCUT2D eigenvalue weighted by atomic mass is 10.3. The van der Waals surface area contributed by atoms with Crippen molar-refractivity contribution in [1.82, 2.24) is 9.55 Å². The summed E-state index contributed by atoms with van der Waals surface area (Å²) in [6.07, 6.45) is -4.39. The number of aryl methyl sites for hydroxylation is 1. The molecule has 0 saturated heterocycles. The van der Waals surface area contributed by atoms with E-state index in [0.717, 1.165) is 4.57 Å². The van der Waals surface area contributed by atoms with Crippen LogP contribution in [-0.2, 0) is 12.7 Å². The first-order chi connectivity index (χ1) is 8.84. The number of aromatic nitrogens is 2. The number of hydrogen-bond donors (Lipinski definition) is 1. The van der Waals surface area contributed by atoms with Crippen molar-refractivity contribution in [2.45, 2.75) is 19.1 Å². The number of hydrogen-bond acceptors (Lipinski definition) is 2. The van der Waals surface area contributed by atoms with Crippen LogP contribution in [0.25, 0.3) is 11.0 Å². The molecule has 1 aromatic heterocycles. The SMILES string of the molecule is OCCCn1c(C(F)(F)F)nc2cc(Cl)c(Cl)cc21. The standard InChI is InChI=1S/C11H9Cl2F3N2O/c12-6-4-8-9(5-7(6)13)18(2-1-3-19)10(17-8)11(14,15)16/h4-5,19H,1-3H2. The topological polar surface area (TPSA) is 38.0 Å². The van der Waals surface area contributed by atoms with Crippen LogP contribution in [0.15, 0.2) is 12.1 Å². The van der Waals surface area contributed by atoms with Crippen molar-refractivity contribution in [2.24, 2.45) is 0 Å². The third-order valence-electron chi connectivity index (χ3n) is 2.58. The summed E-state index contributed by atoms with van der Waals surface area (Å²) < 4.78 is 39.7. The maximum Gasteiger partial charge on any atom is 0.449 e. The van der Waals surface area contributed by atoms with Gasteiger partial charge >= 0.3 is 6.18 Å². The zero-order valence-electron chi connectivity index (χ0n) is 9.51. The van der Waals surface area contributed by atoms with E-state index in [2.05, 4.69) is 4.98 Å². The average molecular weight is 313 g/mol. The van der Waals surface area contributed by atoms with Crippen LogP contribution in [0.3, 0.4) is 0 Å². The largest absolute Gasteiger partial charge is 0.449 e. The maximum atomic E-state index is 12.9. The molecule has 0 atom stereocenters. The van der Waals surface area contributed by atoms with E-state index in [9.17, 15) is 13.2 Å². The van der Waals surface area contributed by atoms with Gasteiger partial charge in [-0.3, -0.25) is 0 Å². The Balaban J connectivity index is 2.67. The van der Waals surface area contributed by atoms with Gasteiger partial charge in [0.2, 0.25) is 5.82 Å². The lowest BCUT2D eigenvalue weighted by Crippen LogP contribution is -2.15. The van der Waals surface area contributed by atoms with Crippen LogP contribution in [0, 0.1) is 0 Å². The summed E-state index contributed by atoms with van der Waals surface area (Å²) in [5.41, 5.74) is 0.370. The van der Waals surface area contributed by atoms with Crippen molar-refractivity contribution in [2.75, 3.05) is 6.61 Å². The maximum absolute atomic E-state index is 12.9. The summed E-state index contributed by atoms with van der Waals surface area (Å²) in [6, 6.07) is 2.64. The molecule has 1 heterocycles. The molecule has 0 saturated carbocycles. The number of benzene rings is 1. The van der Waals surface area contributed by atoms with Crippen LogP contribution < -0.4 is 0 Å². The molecule has 0 amide bonds.